The van der Waals surface area contributed by atoms with Crippen molar-refractivity contribution in [1.29, 1.82) is 0 Å². The fourth-order valence-electron chi connectivity index (χ4n) is 2.08. The molecule has 0 fully saturated rings. The first kappa shape index (κ1) is 11.7. The van der Waals surface area contributed by atoms with Gasteiger partial charge in [-0.3, -0.25) is 0 Å². The van der Waals surface area contributed by atoms with Crippen molar-refractivity contribution >= 4 is 5.69 Å². The van der Waals surface area contributed by atoms with Crippen molar-refractivity contribution < 1.29 is 0 Å². The number of nitrogen functional groups attached to an aromatic ring is 1. The molecule has 0 saturated heterocycles. The quantitative estimate of drug-likeness (QED) is 0.821. The first-order valence-electron chi connectivity index (χ1n) is 5.97. The van der Waals surface area contributed by atoms with Gasteiger partial charge in [-0.1, -0.05) is 26.0 Å². The fraction of sp³-hybridized carbons (Fsp3) is 0.357. The molecule has 1 aromatic carbocycles. The summed E-state index contributed by atoms with van der Waals surface area (Å²) in [6.07, 6.45) is 3.89. The molecule has 0 saturated carbocycles. The Hall–Kier alpha value is -1.77. The van der Waals surface area contributed by atoms with E-state index in [1.54, 1.807) is 0 Å². The van der Waals surface area contributed by atoms with Gasteiger partial charge in [-0.15, -0.1) is 0 Å². The van der Waals surface area contributed by atoms with E-state index in [9.17, 15) is 0 Å². The lowest BCUT2D eigenvalue weighted by molar-refractivity contribution is 0.578. The Morgan fingerprint density at radius 1 is 1.24 bits per heavy atom. The van der Waals surface area contributed by atoms with Gasteiger partial charge in [-0.2, -0.15) is 0 Å². The number of nitrogens with zero attached hydrogens (tertiary/aromatic N) is 2. The summed E-state index contributed by atoms with van der Waals surface area (Å²) in [4.78, 5) is 4.42. The Balaban J connectivity index is 2.37. The molecule has 1 atom stereocenters. The molecule has 0 aliphatic heterocycles. The summed E-state index contributed by atoms with van der Waals surface area (Å²) in [5.41, 5.74) is 7.84. The maximum Gasteiger partial charge on any atom is 0.111 e. The lowest BCUT2D eigenvalue weighted by Crippen LogP contribution is -2.11. The number of rotatable bonds is 3. The van der Waals surface area contributed by atoms with E-state index in [4.69, 9.17) is 5.73 Å². The van der Waals surface area contributed by atoms with Crippen molar-refractivity contribution in [3.63, 3.8) is 0 Å². The number of anilines is 1. The van der Waals surface area contributed by atoms with Gasteiger partial charge in [0, 0.05) is 24.0 Å². The van der Waals surface area contributed by atoms with Crippen molar-refractivity contribution in [3.05, 3.63) is 48.0 Å². The van der Waals surface area contributed by atoms with Gasteiger partial charge in [0.1, 0.15) is 5.82 Å². The standard InChI is InChI=1S/C14H19N3/c1-10(2)14-16-7-8-17(14)11(3)12-5-4-6-13(15)9-12/h4-11H,15H2,1-3H3. The minimum Gasteiger partial charge on any atom is -0.399 e. The summed E-state index contributed by atoms with van der Waals surface area (Å²) in [6, 6.07) is 8.29. The molecule has 2 N–H and O–H groups in total. The first-order chi connectivity index (χ1) is 8.09. The van der Waals surface area contributed by atoms with Gasteiger partial charge in [-0.25, -0.2) is 4.98 Å². The molecule has 0 bridgehead atoms. The number of imidazole rings is 1. The van der Waals surface area contributed by atoms with Crippen LogP contribution >= 0.6 is 0 Å². The van der Waals surface area contributed by atoms with Crippen LogP contribution in [0.4, 0.5) is 5.69 Å². The second-order valence-electron chi connectivity index (χ2n) is 4.69. The van der Waals surface area contributed by atoms with Crippen molar-refractivity contribution in [3.8, 4) is 0 Å². The molecule has 0 radical (unpaired) electrons. The zero-order valence-electron chi connectivity index (χ0n) is 10.6. The summed E-state index contributed by atoms with van der Waals surface area (Å²) >= 11 is 0. The van der Waals surface area contributed by atoms with Crippen LogP contribution in [-0.4, -0.2) is 9.55 Å². The zero-order valence-corrected chi connectivity index (χ0v) is 10.6. The molecule has 2 rings (SSSR count). The van der Waals surface area contributed by atoms with E-state index in [0.29, 0.717) is 5.92 Å². The van der Waals surface area contributed by atoms with Crippen LogP contribution in [0.3, 0.4) is 0 Å². The number of benzene rings is 1. The minimum atomic E-state index is 0.262. The van der Waals surface area contributed by atoms with Crippen LogP contribution in [0.2, 0.25) is 0 Å². The van der Waals surface area contributed by atoms with Crippen molar-refractivity contribution in [2.45, 2.75) is 32.7 Å². The lowest BCUT2D eigenvalue weighted by Gasteiger charge is -2.18. The van der Waals surface area contributed by atoms with Gasteiger partial charge < -0.3 is 10.3 Å². The molecule has 2 aromatic rings. The zero-order chi connectivity index (χ0) is 12.4. The van der Waals surface area contributed by atoms with Crippen LogP contribution in [0.5, 0.6) is 0 Å². The molecule has 0 aliphatic carbocycles. The summed E-state index contributed by atoms with van der Waals surface area (Å²) in [6.45, 7) is 6.48. The predicted molar refractivity (Wildman–Crippen MR) is 71.0 cm³/mol. The van der Waals surface area contributed by atoms with E-state index in [-0.39, 0.29) is 6.04 Å². The van der Waals surface area contributed by atoms with Gasteiger partial charge >= 0.3 is 0 Å². The third kappa shape index (κ3) is 2.33. The van der Waals surface area contributed by atoms with Crippen LogP contribution in [0.25, 0.3) is 0 Å². The maximum absolute atomic E-state index is 5.82. The molecular weight excluding hydrogens is 210 g/mol. The number of nitrogens with two attached hydrogens (primary N) is 1. The Morgan fingerprint density at radius 2 is 2.00 bits per heavy atom. The maximum atomic E-state index is 5.82. The van der Waals surface area contributed by atoms with Crippen LogP contribution in [-0.2, 0) is 0 Å². The lowest BCUT2D eigenvalue weighted by atomic mass is 10.1. The molecule has 3 heteroatoms. The summed E-state index contributed by atoms with van der Waals surface area (Å²) < 4.78 is 2.21. The number of hydrogen-bond acceptors (Lipinski definition) is 2. The second-order valence-corrected chi connectivity index (χ2v) is 4.69. The van der Waals surface area contributed by atoms with Gasteiger partial charge in [0.25, 0.3) is 0 Å². The highest BCUT2D eigenvalue weighted by Crippen LogP contribution is 2.24. The molecule has 3 nitrogen and oxygen atoms in total. The Morgan fingerprint density at radius 3 is 2.65 bits per heavy atom. The van der Waals surface area contributed by atoms with Gasteiger partial charge in [0.2, 0.25) is 0 Å². The van der Waals surface area contributed by atoms with Crippen molar-refractivity contribution in [2.24, 2.45) is 0 Å². The van der Waals surface area contributed by atoms with Gasteiger partial charge in [0.05, 0.1) is 6.04 Å². The highest BCUT2D eigenvalue weighted by molar-refractivity contribution is 5.41. The number of hydrogen-bond donors (Lipinski definition) is 1. The summed E-state index contributed by atoms with van der Waals surface area (Å²) in [5.74, 6) is 1.54. The Labute approximate surface area is 102 Å². The minimum absolute atomic E-state index is 0.262. The van der Waals surface area contributed by atoms with Crippen molar-refractivity contribution in [2.75, 3.05) is 5.73 Å². The van der Waals surface area contributed by atoms with E-state index >= 15 is 0 Å². The molecule has 1 aromatic heterocycles. The van der Waals surface area contributed by atoms with E-state index in [1.165, 1.54) is 5.56 Å². The third-order valence-electron chi connectivity index (χ3n) is 3.03. The summed E-state index contributed by atoms with van der Waals surface area (Å²) in [5, 5.41) is 0. The Kier molecular flexibility index (Phi) is 3.18. The number of aromatic nitrogens is 2. The van der Waals surface area contributed by atoms with Crippen LogP contribution in [0, 0.1) is 0 Å². The normalized spacial score (nSPS) is 12.9. The molecule has 0 spiro atoms. The van der Waals surface area contributed by atoms with E-state index in [1.807, 2.05) is 30.6 Å². The van der Waals surface area contributed by atoms with Crippen LogP contribution in [0.15, 0.2) is 36.7 Å². The summed E-state index contributed by atoms with van der Waals surface area (Å²) in [7, 11) is 0. The van der Waals surface area contributed by atoms with Crippen molar-refractivity contribution in [1.82, 2.24) is 9.55 Å². The smallest absolute Gasteiger partial charge is 0.111 e. The molecule has 0 aliphatic rings. The molecular formula is C14H19N3. The average Bonchev–Trinajstić information content (AvgIpc) is 2.77. The molecule has 0 amide bonds. The largest absolute Gasteiger partial charge is 0.399 e. The highest BCUT2D eigenvalue weighted by atomic mass is 15.1. The second kappa shape index (κ2) is 4.62. The van der Waals surface area contributed by atoms with E-state index < -0.39 is 0 Å². The third-order valence-corrected chi connectivity index (χ3v) is 3.03. The van der Waals surface area contributed by atoms with E-state index in [0.717, 1.165) is 11.5 Å². The topological polar surface area (TPSA) is 43.8 Å². The molecule has 1 heterocycles. The Bertz CT molecular complexity index is 500. The van der Waals surface area contributed by atoms with Gasteiger partial charge in [-0.05, 0) is 24.6 Å². The monoisotopic (exact) mass is 229 g/mol. The van der Waals surface area contributed by atoms with Crippen LogP contribution < -0.4 is 5.73 Å². The molecule has 1 unspecified atom stereocenters. The fourth-order valence-corrected chi connectivity index (χ4v) is 2.08. The van der Waals surface area contributed by atoms with E-state index in [2.05, 4.69) is 36.4 Å². The highest BCUT2D eigenvalue weighted by Gasteiger charge is 2.14. The average molecular weight is 229 g/mol. The SMILES string of the molecule is CC(C)c1nccn1C(C)c1cccc(N)c1. The van der Waals surface area contributed by atoms with Crippen LogP contribution in [0.1, 0.15) is 44.1 Å². The molecule has 17 heavy (non-hydrogen) atoms. The first-order valence-corrected chi connectivity index (χ1v) is 5.97. The molecule has 90 valence electrons. The predicted octanol–water partition coefficient (Wildman–Crippen LogP) is 3.20. The van der Waals surface area contributed by atoms with Gasteiger partial charge in [0.15, 0.2) is 0 Å².